The molecule has 0 radical (unpaired) electrons. The van der Waals surface area contributed by atoms with Gasteiger partial charge in [0.2, 0.25) is 0 Å². The predicted molar refractivity (Wildman–Crippen MR) is 89.9 cm³/mol. The third-order valence-corrected chi connectivity index (χ3v) is 4.24. The monoisotopic (exact) mass is 345 g/mol. The number of hydrogen-bond donors (Lipinski definition) is 2. The molecular formula is C16H16BrN3O. The Morgan fingerprint density at radius 1 is 1.14 bits per heavy atom. The molecule has 1 amide bonds. The van der Waals surface area contributed by atoms with E-state index in [4.69, 9.17) is 0 Å². The number of amides is 1. The summed E-state index contributed by atoms with van der Waals surface area (Å²) >= 11 is 3.53. The highest BCUT2D eigenvalue weighted by Gasteiger charge is 2.32. The number of benzene rings is 2. The number of anilines is 3. The second kappa shape index (κ2) is 5.41. The van der Waals surface area contributed by atoms with Crippen molar-refractivity contribution in [2.45, 2.75) is 6.04 Å². The van der Waals surface area contributed by atoms with Crippen LogP contribution in [0, 0.1) is 0 Å². The van der Waals surface area contributed by atoms with Gasteiger partial charge in [0.25, 0.3) is 5.91 Å². The van der Waals surface area contributed by atoms with E-state index in [1.165, 1.54) is 0 Å². The first-order valence-electron chi connectivity index (χ1n) is 6.70. The molecule has 1 aliphatic heterocycles. The highest BCUT2D eigenvalue weighted by Crippen LogP contribution is 2.39. The molecule has 1 aliphatic rings. The predicted octanol–water partition coefficient (Wildman–Crippen LogP) is 3.62. The minimum Gasteiger partial charge on any atom is -0.376 e. The first kappa shape index (κ1) is 13.9. The van der Waals surface area contributed by atoms with Crippen LogP contribution in [-0.4, -0.2) is 20.0 Å². The second-order valence-electron chi connectivity index (χ2n) is 5.18. The SMILES string of the molecule is CN(C)c1ccccc1NC1C(=O)Nc2cccc(Br)c21. The highest BCUT2D eigenvalue weighted by atomic mass is 79.9. The lowest BCUT2D eigenvalue weighted by Crippen LogP contribution is -2.21. The number of carbonyl (C=O) groups excluding carboxylic acids is 1. The van der Waals surface area contributed by atoms with Gasteiger partial charge in [0, 0.05) is 29.8 Å². The van der Waals surface area contributed by atoms with E-state index >= 15 is 0 Å². The van der Waals surface area contributed by atoms with Crippen LogP contribution in [-0.2, 0) is 4.79 Å². The molecular weight excluding hydrogens is 330 g/mol. The molecule has 0 saturated heterocycles. The zero-order chi connectivity index (χ0) is 15.0. The molecule has 1 atom stereocenters. The zero-order valence-corrected chi connectivity index (χ0v) is 13.4. The number of nitrogens with one attached hydrogen (secondary N) is 2. The number of hydrogen-bond acceptors (Lipinski definition) is 3. The van der Waals surface area contributed by atoms with Gasteiger partial charge < -0.3 is 15.5 Å². The van der Waals surface area contributed by atoms with Crippen LogP contribution in [0.25, 0.3) is 0 Å². The number of fused-ring (bicyclic) bond motifs is 1. The smallest absolute Gasteiger partial charge is 0.251 e. The highest BCUT2D eigenvalue weighted by molar-refractivity contribution is 9.10. The lowest BCUT2D eigenvalue weighted by molar-refractivity contribution is -0.116. The Balaban J connectivity index is 1.99. The number of carbonyl (C=O) groups is 1. The molecule has 1 heterocycles. The van der Waals surface area contributed by atoms with Gasteiger partial charge in [-0.25, -0.2) is 0 Å². The first-order chi connectivity index (χ1) is 10.1. The molecule has 21 heavy (non-hydrogen) atoms. The molecule has 0 spiro atoms. The Kier molecular flexibility index (Phi) is 3.59. The first-order valence-corrected chi connectivity index (χ1v) is 7.49. The number of para-hydroxylation sites is 2. The Morgan fingerprint density at radius 3 is 2.67 bits per heavy atom. The molecule has 0 bridgehead atoms. The quantitative estimate of drug-likeness (QED) is 0.892. The number of halogens is 1. The molecule has 5 heteroatoms. The van der Waals surface area contributed by atoms with E-state index in [1.807, 2.05) is 61.5 Å². The zero-order valence-electron chi connectivity index (χ0n) is 11.9. The second-order valence-corrected chi connectivity index (χ2v) is 6.03. The molecule has 108 valence electrons. The maximum absolute atomic E-state index is 12.3. The average molecular weight is 346 g/mol. The van der Waals surface area contributed by atoms with Crippen molar-refractivity contribution in [1.82, 2.24) is 0 Å². The Morgan fingerprint density at radius 2 is 1.90 bits per heavy atom. The molecule has 0 fully saturated rings. The van der Waals surface area contributed by atoms with Crippen LogP contribution in [0.3, 0.4) is 0 Å². The molecule has 0 saturated carbocycles. The largest absolute Gasteiger partial charge is 0.376 e. The summed E-state index contributed by atoms with van der Waals surface area (Å²) in [5.41, 5.74) is 3.79. The van der Waals surface area contributed by atoms with Crippen LogP contribution in [0.4, 0.5) is 17.1 Å². The van der Waals surface area contributed by atoms with Gasteiger partial charge in [0.1, 0.15) is 6.04 Å². The molecule has 0 aliphatic carbocycles. The summed E-state index contributed by atoms with van der Waals surface area (Å²) in [4.78, 5) is 14.3. The fraction of sp³-hybridized carbons (Fsp3) is 0.188. The van der Waals surface area contributed by atoms with Crippen molar-refractivity contribution < 1.29 is 4.79 Å². The van der Waals surface area contributed by atoms with Gasteiger partial charge in [-0.15, -0.1) is 0 Å². The fourth-order valence-electron chi connectivity index (χ4n) is 2.55. The standard InChI is InChI=1S/C16H16BrN3O/c1-20(2)13-9-4-3-7-11(13)18-15-14-10(17)6-5-8-12(14)19-16(15)21/h3-9,15,18H,1-2H3,(H,19,21). The molecule has 4 nitrogen and oxygen atoms in total. The van der Waals surface area contributed by atoms with Gasteiger partial charge >= 0.3 is 0 Å². The lowest BCUT2D eigenvalue weighted by Gasteiger charge is -2.21. The molecule has 2 aromatic carbocycles. The summed E-state index contributed by atoms with van der Waals surface area (Å²) in [6.45, 7) is 0. The van der Waals surface area contributed by atoms with Crippen LogP contribution in [0.5, 0.6) is 0 Å². The van der Waals surface area contributed by atoms with E-state index in [-0.39, 0.29) is 5.91 Å². The van der Waals surface area contributed by atoms with Gasteiger partial charge in [0.15, 0.2) is 0 Å². The van der Waals surface area contributed by atoms with Gasteiger partial charge in [-0.2, -0.15) is 0 Å². The van der Waals surface area contributed by atoms with E-state index in [0.29, 0.717) is 0 Å². The van der Waals surface area contributed by atoms with Crippen molar-refractivity contribution in [2.75, 3.05) is 29.6 Å². The van der Waals surface area contributed by atoms with E-state index in [2.05, 4.69) is 26.6 Å². The summed E-state index contributed by atoms with van der Waals surface area (Å²) in [5, 5.41) is 6.27. The van der Waals surface area contributed by atoms with Crippen molar-refractivity contribution in [2.24, 2.45) is 0 Å². The van der Waals surface area contributed by atoms with Gasteiger partial charge in [-0.05, 0) is 24.3 Å². The van der Waals surface area contributed by atoms with Crippen molar-refractivity contribution in [3.8, 4) is 0 Å². The van der Waals surface area contributed by atoms with E-state index in [9.17, 15) is 4.79 Å². The fourth-order valence-corrected chi connectivity index (χ4v) is 3.15. The Hall–Kier alpha value is -2.01. The maximum atomic E-state index is 12.3. The molecule has 0 aromatic heterocycles. The van der Waals surface area contributed by atoms with Gasteiger partial charge in [0.05, 0.1) is 11.4 Å². The molecule has 2 N–H and O–H groups in total. The third-order valence-electron chi connectivity index (χ3n) is 3.55. The van der Waals surface area contributed by atoms with E-state index in [1.54, 1.807) is 0 Å². The summed E-state index contributed by atoms with van der Waals surface area (Å²) < 4.78 is 0.929. The van der Waals surface area contributed by atoms with Crippen LogP contribution in [0.15, 0.2) is 46.9 Å². The summed E-state index contributed by atoms with van der Waals surface area (Å²) in [6.07, 6.45) is 0. The van der Waals surface area contributed by atoms with Gasteiger partial charge in [-0.1, -0.05) is 34.1 Å². The summed E-state index contributed by atoms with van der Waals surface area (Å²) in [7, 11) is 3.97. The summed E-state index contributed by atoms with van der Waals surface area (Å²) in [6, 6.07) is 13.3. The normalized spacial score (nSPS) is 16.3. The minimum atomic E-state index is -0.392. The van der Waals surface area contributed by atoms with Crippen molar-refractivity contribution in [1.29, 1.82) is 0 Å². The average Bonchev–Trinajstić information content (AvgIpc) is 2.77. The Labute approximate surface area is 132 Å². The molecule has 1 unspecified atom stereocenters. The minimum absolute atomic E-state index is 0.0366. The number of rotatable bonds is 3. The third kappa shape index (κ3) is 2.49. The van der Waals surface area contributed by atoms with E-state index < -0.39 is 6.04 Å². The topological polar surface area (TPSA) is 44.4 Å². The van der Waals surface area contributed by atoms with Crippen molar-refractivity contribution in [3.05, 3.63) is 52.5 Å². The van der Waals surface area contributed by atoms with Crippen LogP contribution in [0.1, 0.15) is 11.6 Å². The van der Waals surface area contributed by atoms with Crippen LogP contribution in [0.2, 0.25) is 0 Å². The number of nitrogens with zero attached hydrogens (tertiary/aromatic N) is 1. The Bertz CT molecular complexity index is 700. The van der Waals surface area contributed by atoms with Crippen molar-refractivity contribution in [3.63, 3.8) is 0 Å². The maximum Gasteiger partial charge on any atom is 0.251 e. The van der Waals surface area contributed by atoms with Crippen LogP contribution < -0.4 is 15.5 Å². The summed E-state index contributed by atoms with van der Waals surface area (Å²) in [5.74, 6) is -0.0366. The van der Waals surface area contributed by atoms with Gasteiger partial charge in [-0.3, -0.25) is 4.79 Å². The van der Waals surface area contributed by atoms with Crippen LogP contribution >= 0.6 is 15.9 Å². The lowest BCUT2D eigenvalue weighted by atomic mass is 10.1. The molecule has 3 rings (SSSR count). The van der Waals surface area contributed by atoms with Crippen molar-refractivity contribution >= 4 is 38.9 Å². The molecule has 2 aromatic rings. The van der Waals surface area contributed by atoms with E-state index in [0.717, 1.165) is 27.1 Å².